The minimum Gasteiger partial charge on any atom is -0.389 e. The molecule has 0 spiro atoms. The van der Waals surface area contributed by atoms with Crippen molar-refractivity contribution in [2.45, 2.75) is 63.2 Å². The maximum atomic E-state index is 10.3. The van der Waals surface area contributed by atoms with E-state index in [2.05, 4.69) is 4.90 Å². The first kappa shape index (κ1) is 14.8. The Balaban J connectivity index is 1.40. The molecule has 1 aliphatic carbocycles. The third-order valence-electron chi connectivity index (χ3n) is 5.25. The second-order valence-corrected chi connectivity index (χ2v) is 6.69. The molecule has 0 aromatic carbocycles. The summed E-state index contributed by atoms with van der Waals surface area (Å²) in [4.78, 5) is 2.53. The summed E-state index contributed by atoms with van der Waals surface area (Å²) in [5.41, 5.74) is 0. The molecule has 0 bridgehead atoms. The average molecular weight is 283 g/mol. The van der Waals surface area contributed by atoms with Crippen molar-refractivity contribution in [3.8, 4) is 0 Å². The molecule has 1 saturated carbocycles. The van der Waals surface area contributed by atoms with Gasteiger partial charge in [-0.15, -0.1) is 0 Å². The molecule has 2 heterocycles. The zero-order valence-electron chi connectivity index (χ0n) is 12.5. The molecule has 3 rings (SSSR count). The number of aliphatic hydroxyl groups is 1. The summed E-state index contributed by atoms with van der Waals surface area (Å²) in [5, 5.41) is 10.3. The van der Waals surface area contributed by atoms with Gasteiger partial charge in [0.2, 0.25) is 0 Å². The van der Waals surface area contributed by atoms with Crippen molar-refractivity contribution in [1.29, 1.82) is 0 Å². The number of rotatable bonds is 5. The van der Waals surface area contributed by atoms with Gasteiger partial charge in [-0.05, 0) is 51.0 Å². The van der Waals surface area contributed by atoms with Crippen LogP contribution >= 0.6 is 0 Å². The van der Waals surface area contributed by atoms with E-state index in [1.165, 1.54) is 32.1 Å². The van der Waals surface area contributed by atoms with Crippen LogP contribution in [0.1, 0.15) is 44.9 Å². The van der Waals surface area contributed by atoms with Crippen molar-refractivity contribution in [2.75, 3.05) is 32.9 Å². The summed E-state index contributed by atoms with van der Waals surface area (Å²) in [5.74, 6) is 0.896. The van der Waals surface area contributed by atoms with E-state index in [-0.39, 0.29) is 6.10 Å². The number of nitrogens with zero attached hydrogens (tertiary/aromatic N) is 1. The van der Waals surface area contributed by atoms with Gasteiger partial charge >= 0.3 is 0 Å². The number of piperidine rings is 1. The molecule has 4 nitrogen and oxygen atoms in total. The molecule has 116 valence electrons. The van der Waals surface area contributed by atoms with Crippen LogP contribution in [0.4, 0.5) is 0 Å². The van der Waals surface area contributed by atoms with E-state index >= 15 is 0 Å². The molecule has 3 aliphatic rings. The number of ether oxygens (including phenoxy) is 2. The Kier molecular flexibility index (Phi) is 5.32. The van der Waals surface area contributed by atoms with Crippen LogP contribution in [0.3, 0.4) is 0 Å². The quantitative estimate of drug-likeness (QED) is 0.835. The lowest BCUT2D eigenvalue weighted by Gasteiger charge is -2.39. The lowest BCUT2D eigenvalue weighted by molar-refractivity contribution is -0.0685. The highest BCUT2D eigenvalue weighted by molar-refractivity contribution is 4.89. The van der Waals surface area contributed by atoms with Crippen LogP contribution in [0, 0.1) is 5.92 Å². The Hall–Kier alpha value is -0.160. The monoisotopic (exact) mass is 283 g/mol. The normalized spacial score (nSPS) is 34.0. The first-order chi connectivity index (χ1) is 9.83. The molecule has 4 heteroatoms. The van der Waals surface area contributed by atoms with Gasteiger partial charge in [0.05, 0.1) is 18.8 Å². The smallest absolute Gasteiger partial charge is 0.0900 e. The largest absolute Gasteiger partial charge is 0.389 e. The van der Waals surface area contributed by atoms with Gasteiger partial charge in [-0.3, -0.25) is 4.90 Å². The summed E-state index contributed by atoms with van der Waals surface area (Å²) >= 11 is 0. The van der Waals surface area contributed by atoms with Gasteiger partial charge in [0.25, 0.3) is 0 Å². The lowest BCUT2D eigenvalue weighted by atomic mass is 9.92. The second kappa shape index (κ2) is 7.21. The topological polar surface area (TPSA) is 41.9 Å². The minimum absolute atomic E-state index is 0.291. The predicted molar refractivity (Wildman–Crippen MR) is 77.7 cm³/mol. The Morgan fingerprint density at radius 3 is 2.75 bits per heavy atom. The minimum atomic E-state index is -0.336. The number of hydrogen-bond acceptors (Lipinski definition) is 4. The van der Waals surface area contributed by atoms with Crippen LogP contribution in [0.25, 0.3) is 0 Å². The van der Waals surface area contributed by atoms with E-state index in [1.807, 2.05) is 0 Å². The number of β-amino-alcohol motifs (C(OH)–C–C–N with tert-alkyl or cyclic N) is 1. The molecule has 3 fully saturated rings. The van der Waals surface area contributed by atoms with Crippen molar-refractivity contribution in [1.82, 2.24) is 4.90 Å². The third-order valence-corrected chi connectivity index (χ3v) is 5.25. The highest BCUT2D eigenvalue weighted by Crippen LogP contribution is 2.36. The number of likely N-dealkylation sites (tertiary alicyclic amines) is 1. The van der Waals surface area contributed by atoms with Crippen LogP contribution in [0.15, 0.2) is 0 Å². The fraction of sp³-hybridized carbons (Fsp3) is 1.00. The molecule has 3 atom stereocenters. The highest BCUT2D eigenvalue weighted by atomic mass is 16.5. The predicted octanol–water partition coefficient (Wildman–Crippen LogP) is 1.81. The van der Waals surface area contributed by atoms with Gasteiger partial charge in [0, 0.05) is 25.8 Å². The molecule has 0 radical (unpaired) electrons. The lowest BCUT2D eigenvalue weighted by Crippen LogP contribution is -2.47. The van der Waals surface area contributed by atoms with E-state index in [4.69, 9.17) is 9.47 Å². The number of fused-ring (bicyclic) bond motifs is 1. The molecule has 3 unspecified atom stereocenters. The SMILES string of the molecule is OC(COC1CCOCC1)CN1CCCC2CCCC21. The fourth-order valence-electron chi connectivity index (χ4n) is 4.20. The van der Waals surface area contributed by atoms with E-state index in [1.54, 1.807) is 0 Å². The standard InChI is InChI=1S/C16H29NO3/c18-14(12-20-15-6-9-19-10-7-15)11-17-8-2-4-13-3-1-5-16(13)17/h13-16,18H,1-12H2. The van der Waals surface area contributed by atoms with Gasteiger partial charge in [-0.2, -0.15) is 0 Å². The highest BCUT2D eigenvalue weighted by Gasteiger charge is 2.35. The van der Waals surface area contributed by atoms with E-state index in [9.17, 15) is 5.11 Å². The van der Waals surface area contributed by atoms with E-state index in [0.717, 1.165) is 51.1 Å². The van der Waals surface area contributed by atoms with Crippen LogP contribution in [-0.2, 0) is 9.47 Å². The van der Waals surface area contributed by atoms with Crippen molar-refractivity contribution < 1.29 is 14.6 Å². The molecule has 20 heavy (non-hydrogen) atoms. The molecule has 1 N–H and O–H groups in total. The summed E-state index contributed by atoms with van der Waals surface area (Å²) in [6.45, 7) is 4.05. The van der Waals surface area contributed by atoms with Crippen molar-refractivity contribution >= 4 is 0 Å². The van der Waals surface area contributed by atoms with Gasteiger partial charge in [0.1, 0.15) is 0 Å². The zero-order chi connectivity index (χ0) is 13.8. The first-order valence-corrected chi connectivity index (χ1v) is 8.44. The van der Waals surface area contributed by atoms with Crippen LogP contribution < -0.4 is 0 Å². The van der Waals surface area contributed by atoms with Gasteiger partial charge in [-0.25, -0.2) is 0 Å². The molecular weight excluding hydrogens is 254 g/mol. The molecule has 0 aromatic rings. The molecule has 2 aliphatic heterocycles. The van der Waals surface area contributed by atoms with Crippen LogP contribution in [0.5, 0.6) is 0 Å². The van der Waals surface area contributed by atoms with Crippen LogP contribution in [0.2, 0.25) is 0 Å². The third kappa shape index (κ3) is 3.73. The Morgan fingerprint density at radius 2 is 1.90 bits per heavy atom. The van der Waals surface area contributed by atoms with E-state index < -0.39 is 0 Å². The van der Waals surface area contributed by atoms with Gasteiger partial charge in [0.15, 0.2) is 0 Å². The Labute approximate surface area is 122 Å². The fourth-order valence-corrected chi connectivity index (χ4v) is 4.20. The first-order valence-electron chi connectivity index (χ1n) is 8.44. The average Bonchev–Trinajstić information content (AvgIpc) is 2.96. The Bertz CT molecular complexity index is 293. The Morgan fingerprint density at radius 1 is 1.10 bits per heavy atom. The molecule has 2 saturated heterocycles. The van der Waals surface area contributed by atoms with Crippen molar-refractivity contribution in [2.24, 2.45) is 5.92 Å². The number of aliphatic hydroxyl groups excluding tert-OH is 1. The summed E-state index contributed by atoms with van der Waals surface area (Å²) in [6, 6.07) is 0.737. The molecular formula is C16H29NO3. The zero-order valence-corrected chi connectivity index (χ0v) is 12.5. The van der Waals surface area contributed by atoms with Crippen molar-refractivity contribution in [3.63, 3.8) is 0 Å². The second-order valence-electron chi connectivity index (χ2n) is 6.69. The van der Waals surface area contributed by atoms with Crippen LogP contribution in [-0.4, -0.2) is 61.2 Å². The number of hydrogen-bond donors (Lipinski definition) is 1. The summed E-state index contributed by atoms with van der Waals surface area (Å²) < 4.78 is 11.2. The maximum absolute atomic E-state index is 10.3. The summed E-state index contributed by atoms with van der Waals surface area (Å²) in [7, 11) is 0. The summed E-state index contributed by atoms with van der Waals surface area (Å²) in [6.07, 6.45) is 8.71. The maximum Gasteiger partial charge on any atom is 0.0900 e. The van der Waals surface area contributed by atoms with Crippen molar-refractivity contribution in [3.05, 3.63) is 0 Å². The molecule has 0 amide bonds. The van der Waals surface area contributed by atoms with Gasteiger partial charge in [-0.1, -0.05) is 6.42 Å². The van der Waals surface area contributed by atoms with E-state index in [0.29, 0.717) is 12.7 Å². The van der Waals surface area contributed by atoms with Gasteiger partial charge < -0.3 is 14.6 Å². The molecule has 0 aromatic heterocycles.